The third kappa shape index (κ3) is 3.59. The Kier molecular flexibility index (Phi) is 5.19. The molecule has 0 saturated carbocycles. The number of aromatic nitrogens is 2. The van der Waals surface area contributed by atoms with Crippen LogP contribution >= 0.6 is 23.2 Å². The highest BCUT2D eigenvalue weighted by Gasteiger charge is 2.48. The number of nitriles is 1. The van der Waals surface area contributed by atoms with Crippen molar-refractivity contribution in [3.05, 3.63) is 39.9 Å². The predicted molar refractivity (Wildman–Crippen MR) is 81.0 cm³/mol. The average molecular weight is 452 g/mol. The van der Waals surface area contributed by atoms with E-state index in [2.05, 4.69) is 16.7 Å². The van der Waals surface area contributed by atoms with Crippen LogP contribution in [0.5, 0.6) is 0 Å². The molecule has 1 heterocycles. The van der Waals surface area contributed by atoms with E-state index in [-0.39, 0.29) is 6.07 Å². The minimum atomic E-state index is -5.61. The summed E-state index contributed by atoms with van der Waals surface area (Å²) < 4.78 is 98.1. The first-order chi connectivity index (χ1) is 12.1. The molecule has 0 N–H and O–H groups in total. The highest BCUT2D eigenvalue weighted by atomic mass is 35.5. The van der Waals surface area contributed by atoms with Gasteiger partial charge in [0.05, 0.1) is 16.3 Å². The SMILES string of the molecule is Cc1c(S(=O)(=O)C(F)(F)Cl)c(C#N)nn1-c1c(F)cc(C(F)(F)F)cc1Cl. The zero-order valence-corrected chi connectivity index (χ0v) is 15.1. The summed E-state index contributed by atoms with van der Waals surface area (Å²) in [6, 6.07) is 1.62. The van der Waals surface area contributed by atoms with E-state index in [1.165, 1.54) is 6.07 Å². The fourth-order valence-corrected chi connectivity index (χ4v) is 3.71. The first kappa shape index (κ1) is 21.3. The van der Waals surface area contributed by atoms with Crippen LogP contribution in [0.1, 0.15) is 17.0 Å². The minimum absolute atomic E-state index is 0.0543. The largest absolute Gasteiger partial charge is 0.427 e. The molecular formula is C13H5Cl2F6N3O2S. The summed E-state index contributed by atoms with van der Waals surface area (Å²) in [6.07, 6.45) is -4.94. The lowest BCUT2D eigenvalue weighted by molar-refractivity contribution is -0.137. The van der Waals surface area contributed by atoms with Crippen molar-refractivity contribution < 1.29 is 34.8 Å². The summed E-state index contributed by atoms with van der Waals surface area (Å²) in [6.45, 7) is 0.872. The number of hydrogen-bond acceptors (Lipinski definition) is 4. The quantitative estimate of drug-likeness (QED) is 0.511. The molecular weight excluding hydrogens is 447 g/mol. The molecule has 0 saturated heterocycles. The number of halogens is 8. The van der Waals surface area contributed by atoms with E-state index in [1.54, 1.807) is 0 Å². The lowest BCUT2D eigenvalue weighted by atomic mass is 10.2. The van der Waals surface area contributed by atoms with Crippen molar-refractivity contribution in [3.63, 3.8) is 0 Å². The van der Waals surface area contributed by atoms with Crippen molar-refractivity contribution in [2.45, 2.75) is 22.7 Å². The minimum Gasteiger partial charge on any atom is -0.231 e. The van der Waals surface area contributed by atoms with Gasteiger partial charge < -0.3 is 0 Å². The van der Waals surface area contributed by atoms with Gasteiger partial charge in [-0.2, -0.15) is 32.3 Å². The van der Waals surface area contributed by atoms with E-state index in [9.17, 15) is 34.8 Å². The molecule has 0 aliphatic carbocycles. The predicted octanol–water partition coefficient (Wildman–Crippen LogP) is 4.43. The Morgan fingerprint density at radius 3 is 2.19 bits per heavy atom. The van der Waals surface area contributed by atoms with Gasteiger partial charge >= 0.3 is 10.9 Å². The van der Waals surface area contributed by atoms with Crippen molar-refractivity contribution >= 4 is 33.0 Å². The second kappa shape index (κ2) is 6.57. The Morgan fingerprint density at radius 2 is 1.78 bits per heavy atom. The summed E-state index contributed by atoms with van der Waals surface area (Å²) in [7, 11) is -5.61. The van der Waals surface area contributed by atoms with Crippen molar-refractivity contribution in [1.29, 1.82) is 5.26 Å². The van der Waals surface area contributed by atoms with Crippen LogP contribution in [0.15, 0.2) is 17.0 Å². The van der Waals surface area contributed by atoms with Crippen molar-refractivity contribution in [2.24, 2.45) is 0 Å². The van der Waals surface area contributed by atoms with Crippen molar-refractivity contribution in [1.82, 2.24) is 9.78 Å². The van der Waals surface area contributed by atoms with Crippen LogP contribution in [0.25, 0.3) is 5.69 Å². The van der Waals surface area contributed by atoms with Crippen LogP contribution in [-0.2, 0) is 16.0 Å². The molecule has 0 aliphatic rings. The van der Waals surface area contributed by atoms with Crippen LogP contribution in [0.2, 0.25) is 5.02 Å². The molecule has 14 heteroatoms. The Hall–Kier alpha value is -1.97. The third-order valence-electron chi connectivity index (χ3n) is 3.30. The third-order valence-corrected chi connectivity index (χ3v) is 5.83. The number of alkyl halides is 6. The Labute approximate surface area is 157 Å². The van der Waals surface area contributed by atoms with Crippen LogP contribution in [0, 0.1) is 24.1 Å². The maximum atomic E-state index is 14.2. The van der Waals surface area contributed by atoms with E-state index in [0.717, 1.165) is 6.92 Å². The maximum Gasteiger partial charge on any atom is 0.427 e. The number of rotatable bonds is 3. The zero-order chi connectivity index (χ0) is 20.9. The standard InChI is InChI=1S/C13H5Cl2F6N3O2S/c1-5-11(27(25,26)13(15,20)21)9(4-22)23-24(5)10-7(14)2-6(3-8(10)16)12(17,18)19/h2-3H,1H3. The molecule has 0 bridgehead atoms. The summed E-state index contributed by atoms with van der Waals surface area (Å²) in [5.41, 5.74) is -4.08. The van der Waals surface area contributed by atoms with E-state index in [0.29, 0.717) is 10.7 Å². The van der Waals surface area contributed by atoms with E-state index in [4.69, 9.17) is 16.9 Å². The van der Waals surface area contributed by atoms with Crippen molar-refractivity contribution in [2.75, 3.05) is 0 Å². The first-order valence-electron chi connectivity index (χ1n) is 6.50. The van der Waals surface area contributed by atoms with Crippen molar-refractivity contribution in [3.8, 4) is 11.8 Å². The van der Waals surface area contributed by atoms with Gasteiger partial charge in [-0.3, -0.25) is 0 Å². The second-order valence-corrected chi connectivity index (χ2v) is 8.06. The molecule has 27 heavy (non-hydrogen) atoms. The summed E-state index contributed by atoms with van der Waals surface area (Å²) in [4.78, 5) is -1.31. The van der Waals surface area contributed by atoms with E-state index in [1.807, 2.05) is 0 Å². The van der Waals surface area contributed by atoms with Gasteiger partial charge in [0.2, 0.25) is 0 Å². The number of hydrogen-bond donors (Lipinski definition) is 0. The molecule has 0 aliphatic heterocycles. The molecule has 1 aromatic heterocycles. The molecule has 1 aromatic carbocycles. The molecule has 0 radical (unpaired) electrons. The average Bonchev–Trinajstić information content (AvgIpc) is 2.81. The summed E-state index contributed by atoms with van der Waals surface area (Å²) in [5.74, 6) is -1.58. The van der Waals surface area contributed by atoms with Crippen LogP contribution < -0.4 is 0 Å². The zero-order valence-electron chi connectivity index (χ0n) is 12.7. The molecule has 2 aromatic rings. The maximum absolute atomic E-state index is 14.2. The first-order valence-corrected chi connectivity index (χ1v) is 8.74. The molecule has 5 nitrogen and oxygen atoms in total. The van der Waals surface area contributed by atoms with Crippen LogP contribution in [0.3, 0.4) is 0 Å². The Bertz CT molecular complexity index is 1040. The molecule has 146 valence electrons. The van der Waals surface area contributed by atoms with Gasteiger partial charge in [-0.05, 0) is 30.7 Å². The fourth-order valence-electron chi connectivity index (χ4n) is 2.15. The summed E-state index contributed by atoms with van der Waals surface area (Å²) in [5, 5.41) is 11.5. The smallest absolute Gasteiger partial charge is 0.231 e. The topological polar surface area (TPSA) is 75.8 Å². The van der Waals surface area contributed by atoms with Gasteiger partial charge in [0.1, 0.15) is 16.7 Å². The molecule has 0 atom stereocenters. The molecule has 0 amide bonds. The molecule has 0 fully saturated rings. The van der Waals surface area contributed by atoms with Gasteiger partial charge in [-0.1, -0.05) is 11.6 Å². The second-order valence-electron chi connectivity index (χ2n) is 5.02. The molecule has 2 rings (SSSR count). The fraction of sp³-hybridized carbons (Fsp3) is 0.231. The Morgan fingerprint density at radius 1 is 1.22 bits per heavy atom. The highest BCUT2D eigenvalue weighted by Crippen LogP contribution is 2.39. The highest BCUT2D eigenvalue weighted by molar-refractivity contribution is 7.93. The normalized spacial score (nSPS) is 12.9. The lowest BCUT2D eigenvalue weighted by Crippen LogP contribution is -2.23. The van der Waals surface area contributed by atoms with Gasteiger partial charge in [0.25, 0.3) is 9.84 Å². The number of benzene rings is 1. The number of nitrogens with zero attached hydrogens (tertiary/aromatic N) is 3. The van der Waals surface area contributed by atoms with Gasteiger partial charge in [0, 0.05) is 0 Å². The van der Waals surface area contributed by atoms with Gasteiger partial charge in [0.15, 0.2) is 11.5 Å². The van der Waals surface area contributed by atoms with E-state index >= 15 is 0 Å². The van der Waals surface area contributed by atoms with Gasteiger partial charge in [-0.25, -0.2) is 17.5 Å². The molecule has 0 unspecified atom stereocenters. The van der Waals surface area contributed by atoms with Crippen LogP contribution in [-0.4, -0.2) is 22.9 Å². The van der Waals surface area contributed by atoms with Crippen LogP contribution in [0.4, 0.5) is 26.3 Å². The Balaban J connectivity index is 2.83. The number of sulfone groups is 1. The molecule has 0 spiro atoms. The van der Waals surface area contributed by atoms with Gasteiger partial charge in [-0.15, -0.1) is 0 Å². The lowest BCUT2D eigenvalue weighted by Gasteiger charge is -2.13. The summed E-state index contributed by atoms with van der Waals surface area (Å²) >= 11 is 10.2. The van der Waals surface area contributed by atoms with E-state index < -0.39 is 59.1 Å². The monoisotopic (exact) mass is 451 g/mol.